The van der Waals surface area contributed by atoms with E-state index in [1.165, 1.54) is 0 Å². The van der Waals surface area contributed by atoms with Crippen LogP contribution in [0.25, 0.3) is 56.0 Å². The number of aliphatic hydroxyl groups excluding tert-OH is 2. The molecule has 7 rings (SSSR count). The number of methoxy groups -OCH3 is 1. The standard InChI is InChI=1S/C33H25N3O3S/c1-39-23-11-7-20(8-12-23)31-25-14-10-22(35-25)18-27-33(38)32(37)26(36-27)17-21-9-13-24(34-21)30(19-5-3-2-4-6-19)28-15-16-29(31)40-28/h2-18,32-33,36-38H,1H3. The molecule has 0 spiro atoms. The maximum absolute atomic E-state index is 10.8. The quantitative estimate of drug-likeness (QED) is 0.219. The van der Waals surface area contributed by atoms with E-state index in [0.29, 0.717) is 22.8 Å². The van der Waals surface area contributed by atoms with Crippen molar-refractivity contribution in [3.63, 3.8) is 0 Å². The van der Waals surface area contributed by atoms with Gasteiger partial charge in [0, 0.05) is 31.9 Å². The van der Waals surface area contributed by atoms with Crippen LogP contribution in [0.4, 0.5) is 0 Å². The molecule has 0 fully saturated rings. The van der Waals surface area contributed by atoms with E-state index >= 15 is 0 Å². The number of fused-ring (bicyclic) bond motifs is 8. The lowest BCUT2D eigenvalue weighted by molar-refractivity contribution is 0.0253. The van der Waals surface area contributed by atoms with Crippen LogP contribution in [0.1, 0.15) is 46.4 Å². The van der Waals surface area contributed by atoms with Gasteiger partial charge in [-0.2, -0.15) is 0 Å². The summed E-state index contributed by atoms with van der Waals surface area (Å²) in [6.45, 7) is 0. The van der Waals surface area contributed by atoms with E-state index in [1.54, 1.807) is 30.6 Å². The molecule has 2 atom stereocenters. The van der Waals surface area contributed by atoms with Crippen LogP contribution in [0.2, 0.25) is 0 Å². The number of benzene rings is 2. The van der Waals surface area contributed by atoms with Gasteiger partial charge < -0.3 is 19.9 Å². The zero-order chi connectivity index (χ0) is 27.2. The molecule has 40 heavy (non-hydrogen) atoms. The van der Waals surface area contributed by atoms with Gasteiger partial charge in [0.05, 0.1) is 29.9 Å². The van der Waals surface area contributed by atoms with E-state index in [1.807, 2.05) is 66.8 Å². The lowest BCUT2D eigenvalue weighted by atomic mass is 10.0. The second kappa shape index (κ2) is 9.88. The highest BCUT2D eigenvalue weighted by Crippen LogP contribution is 2.39. The van der Waals surface area contributed by atoms with E-state index in [4.69, 9.17) is 14.7 Å². The molecule has 0 saturated carbocycles. The van der Waals surface area contributed by atoms with Crippen LogP contribution in [-0.4, -0.2) is 32.3 Å². The lowest BCUT2D eigenvalue weighted by Gasteiger charge is -2.07. The summed E-state index contributed by atoms with van der Waals surface area (Å²) >= 11 is 1.70. The molecule has 0 amide bonds. The van der Waals surface area contributed by atoms with E-state index in [9.17, 15) is 10.2 Å². The van der Waals surface area contributed by atoms with Crippen molar-refractivity contribution < 1.29 is 14.9 Å². The Morgan fingerprint density at radius 1 is 0.675 bits per heavy atom. The normalized spacial score (nSPS) is 16.7. The number of aliphatic hydroxyl groups is 2. The van der Waals surface area contributed by atoms with Crippen molar-refractivity contribution in [2.75, 3.05) is 7.11 Å². The third-order valence-electron chi connectivity index (χ3n) is 7.21. The molecule has 3 aliphatic heterocycles. The molecule has 3 N–H and O–H groups in total. The smallest absolute Gasteiger partial charge is 0.125 e. The molecule has 7 heteroatoms. The zero-order valence-electron chi connectivity index (χ0n) is 21.6. The van der Waals surface area contributed by atoms with Crippen LogP contribution >= 0.6 is 11.3 Å². The molecular weight excluding hydrogens is 518 g/mol. The fourth-order valence-electron chi connectivity index (χ4n) is 5.21. The minimum atomic E-state index is -1.09. The lowest BCUT2D eigenvalue weighted by Crippen LogP contribution is -2.03. The fourth-order valence-corrected chi connectivity index (χ4v) is 6.37. The second-order valence-electron chi connectivity index (χ2n) is 9.73. The second-order valence-corrected chi connectivity index (χ2v) is 10.8. The maximum Gasteiger partial charge on any atom is 0.125 e. The number of ether oxygens (including phenoxy) is 1. The average molecular weight is 544 g/mol. The van der Waals surface area contributed by atoms with Gasteiger partial charge in [0.2, 0.25) is 0 Å². The Morgan fingerprint density at radius 3 is 1.73 bits per heavy atom. The first-order chi connectivity index (χ1) is 19.6. The molecule has 2 unspecified atom stereocenters. The summed E-state index contributed by atoms with van der Waals surface area (Å²) in [6.07, 6.45) is 5.67. The molecule has 0 saturated heterocycles. The van der Waals surface area contributed by atoms with Gasteiger partial charge in [0.15, 0.2) is 0 Å². The highest BCUT2D eigenvalue weighted by Gasteiger charge is 2.27. The van der Waals surface area contributed by atoms with Gasteiger partial charge >= 0.3 is 0 Å². The summed E-state index contributed by atoms with van der Waals surface area (Å²) < 4.78 is 7.55. The minimum absolute atomic E-state index is 0.489. The first-order valence-corrected chi connectivity index (χ1v) is 13.8. The summed E-state index contributed by atoms with van der Waals surface area (Å²) in [5.74, 6) is 0.784. The highest BCUT2D eigenvalue weighted by atomic mass is 32.1. The Labute approximate surface area is 234 Å². The first kappa shape index (κ1) is 24.5. The minimum Gasteiger partial charge on any atom is -0.497 e. The topological polar surface area (TPSA) is 91.3 Å². The Kier molecular flexibility index (Phi) is 6.04. The molecule has 0 radical (unpaired) electrons. The van der Waals surface area contributed by atoms with Crippen LogP contribution in [0, 0.1) is 0 Å². The van der Waals surface area contributed by atoms with Gasteiger partial charge in [-0.3, -0.25) is 0 Å². The van der Waals surface area contributed by atoms with Crippen LogP contribution in [0.3, 0.4) is 0 Å². The van der Waals surface area contributed by atoms with Crippen molar-refractivity contribution in [2.24, 2.45) is 0 Å². The average Bonchev–Trinajstić information content (AvgIpc) is 3.78. The Morgan fingerprint density at radius 2 is 1.20 bits per heavy atom. The molecule has 2 aromatic carbocycles. The number of nitrogens with one attached hydrogen (secondary N) is 1. The molecule has 3 aliphatic rings. The molecule has 6 nitrogen and oxygen atoms in total. The third-order valence-corrected chi connectivity index (χ3v) is 8.33. The van der Waals surface area contributed by atoms with Crippen molar-refractivity contribution in [2.45, 2.75) is 12.2 Å². The maximum atomic E-state index is 10.8. The largest absolute Gasteiger partial charge is 0.497 e. The summed E-state index contributed by atoms with van der Waals surface area (Å²) in [5, 5.41) is 21.6. The van der Waals surface area contributed by atoms with Crippen molar-refractivity contribution in [3.05, 3.63) is 113 Å². The number of nitrogens with zero attached hydrogens (tertiary/aromatic N) is 2. The van der Waals surface area contributed by atoms with Crippen molar-refractivity contribution in [1.82, 2.24) is 15.0 Å². The molecule has 4 aromatic rings. The number of rotatable bonds is 3. The summed E-state index contributed by atoms with van der Waals surface area (Å²) in [6, 6.07) is 26.1. The van der Waals surface area contributed by atoms with Crippen molar-refractivity contribution in [3.8, 4) is 28.0 Å². The molecule has 2 aromatic heterocycles. The van der Waals surface area contributed by atoms with Gasteiger partial charge in [0.1, 0.15) is 18.0 Å². The monoisotopic (exact) mass is 543 g/mol. The number of hydrogen-bond donors (Lipinski definition) is 3. The van der Waals surface area contributed by atoms with E-state index < -0.39 is 12.2 Å². The predicted octanol–water partition coefficient (Wildman–Crippen LogP) is 7.22. The number of H-pyrrole nitrogens is 1. The van der Waals surface area contributed by atoms with E-state index in [2.05, 4.69) is 29.2 Å². The molecular formula is C33H25N3O3S. The molecule has 0 aliphatic carbocycles. The number of aromatic amines is 1. The fraction of sp³-hybridized carbons (Fsp3) is 0.0909. The van der Waals surface area contributed by atoms with Gasteiger partial charge in [0.25, 0.3) is 0 Å². The molecule has 196 valence electrons. The summed E-state index contributed by atoms with van der Waals surface area (Å²) in [5.41, 5.74) is 8.12. The predicted molar refractivity (Wildman–Crippen MR) is 161 cm³/mol. The SMILES string of the molecule is COc1ccc(-c2c3nc(cc4[nH]c(cc5nc(c(-c6ccccc6)c6ccc2s6)C=C5)C(O)C4O)C=C3)cc1. The van der Waals surface area contributed by atoms with Crippen molar-refractivity contribution >= 4 is 45.0 Å². The third kappa shape index (κ3) is 4.30. The summed E-state index contributed by atoms with van der Waals surface area (Å²) in [4.78, 5) is 13.0. The number of thiophene rings is 1. The van der Waals surface area contributed by atoms with E-state index in [0.717, 1.165) is 48.8 Å². The van der Waals surface area contributed by atoms with Crippen LogP contribution in [0.15, 0.2) is 78.9 Å². The number of hydrogen-bond acceptors (Lipinski definition) is 6. The van der Waals surface area contributed by atoms with Gasteiger partial charge in [-0.05, 0) is 71.8 Å². The Balaban J connectivity index is 1.60. The summed E-state index contributed by atoms with van der Waals surface area (Å²) in [7, 11) is 1.66. The van der Waals surface area contributed by atoms with E-state index in [-0.39, 0.29) is 0 Å². The van der Waals surface area contributed by atoms with Crippen LogP contribution in [0.5, 0.6) is 5.75 Å². The van der Waals surface area contributed by atoms with Gasteiger partial charge in [-0.25, -0.2) is 9.97 Å². The van der Waals surface area contributed by atoms with Crippen LogP contribution < -0.4 is 4.74 Å². The van der Waals surface area contributed by atoms with Gasteiger partial charge in [-0.15, -0.1) is 11.3 Å². The van der Waals surface area contributed by atoms with Crippen LogP contribution in [-0.2, 0) is 0 Å². The van der Waals surface area contributed by atoms with Gasteiger partial charge in [-0.1, -0.05) is 42.5 Å². The molecule has 5 heterocycles. The Bertz CT molecular complexity index is 1870. The highest BCUT2D eigenvalue weighted by molar-refractivity contribution is 7.24. The number of aromatic nitrogens is 3. The van der Waals surface area contributed by atoms with Crippen molar-refractivity contribution in [1.29, 1.82) is 0 Å². The Hall–Kier alpha value is -4.56. The zero-order valence-corrected chi connectivity index (χ0v) is 22.4. The molecule has 8 bridgehead atoms. The first-order valence-electron chi connectivity index (χ1n) is 13.0.